The minimum atomic E-state index is -3.98. The molecule has 0 unspecified atom stereocenters. The van der Waals surface area contributed by atoms with Crippen molar-refractivity contribution in [1.82, 2.24) is 0 Å². The monoisotopic (exact) mass is 838 g/mol. The number of fused-ring (bicyclic) bond motifs is 2. The Bertz CT molecular complexity index is 2930. The third-order valence-corrected chi connectivity index (χ3v) is 13.6. The minimum absolute atomic E-state index is 0.0307. The molecule has 10 nitrogen and oxygen atoms in total. The second kappa shape index (κ2) is 17.2. The summed E-state index contributed by atoms with van der Waals surface area (Å²) in [6, 6.07) is 45.8. The van der Waals surface area contributed by atoms with E-state index < -0.39 is 31.3 Å². The third kappa shape index (κ3) is 8.52. The van der Waals surface area contributed by atoms with Crippen molar-refractivity contribution in [3.05, 3.63) is 212 Å². The Morgan fingerprint density at radius 2 is 0.700 bits per heavy atom. The maximum atomic E-state index is 13.6. The molecule has 0 aliphatic rings. The number of sulfonamides is 2. The summed E-state index contributed by atoms with van der Waals surface area (Å²) in [6.07, 6.45) is 0. The van der Waals surface area contributed by atoms with Crippen molar-refractivity contribution in [2.75, 3.05) is 8.61 Å². The van der Waals surface area contributed by atoms with Crippen molar-refractivity contribution in [2.24, 2.45) is 0 Å². The Balaban J connectivity index is 0.000000181. The Kier molecular flexibility index (Phi) is 11.9. The molecule has 0 fully saturated rings. The molecule has 2 aromatic heterocycles. The van der Waals surface area contributed by atoms with Crippen molar-refractivity contribution in [3.8, 4) is 0 Å². The number of hydrogen-bond donors (Lipinski definition) is 0. The summed E-state index contributed by atoms with van der Waals surface area (Å²) in [5, 5.41) is 2.18. The second-order valence-electron chi connectivity index (χ2n) is 14.4. The van der Waals surface area contributed by atoms with Crippen molar-refractivity contribution in [3.63, 3.8) is 0 Å². The summed E-state index contributed by atoms with van der Waals surface area (Å²) in [5.41, 5.74) is 3.53. The predicted octanol–water partition coefficient (Wildman–Crippen LogP) is 9.61. The van der Waals surface area contributed by atoms with Gasteiger partial charge in [0.2, 0.25) is 11.8 Å². The summed E-state index contributed by atoms with van der Waals surface area (Å²) in [7, 11) is -7.95. The summed E-state index contributed by atoms with van der Waals surface area (Å²) in [5.74, 6) is 0.0613. The number of hydrogen-bond acceptors (Lipinski definition) is 8. The smallest absolute Gasteiger partial charge is 0.345 e. The molecule has 0 atom stereocenters. The van der Waals surface area contributed by atoms with Crippen LogP contribution in [0.25, 0.3) is 21.5 Å². The summed E-state index contributed by atoms with van der Waals surface area (Å²) in [4.78, 5) is 25.5. The van der Waals surface area contributed by atoms with Crippen LogP contribution in [-0.2, 0) is 33.1 Å². The van der Waals surface area contributed by atoms with E-state index in [9.17, 15) is 26.4 Å². The van der Waals surface area contributed by atoms with Crippen LogP contribution in [0, 0.1) is 27.7 Å². The van der Waals surface area contributed by atoms with Gasteiger partial charge in [-0.1, -0.05) is 132 Å². The van der Waals surface area contributed by atoms with E-state index in [1.165, 1.54) is 8.61 Å². The number of benzene rings is 6. The summed E-state index contributed by atoms with van der Waals surface area (Å²) < 4.78 is 68.0. The van der Waals surface area contributed by atoms with Gasteiger partial charge in [0, 0.05) is 11.1 Å². The molecule has 0 aliphatic carbocycles. The molecule has 0 aliphatic heterocycles. The largest absolute Gasteiger partial charge is 0.405 e. The highest BCUT2D eigenvalue weighted by Gasteiger charge is 2.31. The molecular weight excluding hydrogens is 797 g/mol. The SMILES string of the molecule is Cc1ccc(S(=O)(=O)N(Cc2ccccc2)c2oc(=O)c3ccccc3c2C)cc1.Cc1ccc(S(=O)(=O)N(Cc2ccccc2)c2oc(=O)c3ccccc3c2C)cc1. The number of rotatable bonds is 10. The number of aryl methyl sites for hydroxylation is 4. The van der Waals surface area contributed by atoms with Crippen LogP contribution in [0.4, 0.5) is 11.8 Å². The van der Waals surface area contributed by atoms with Gasteiger partial charge in [-0.05, 0) is 86.0 Å². The molecule has 12 heteroatoms. The summed E-state index contributed by atoms with van der Waals surface area (Å²) in [6.45, 7) is 7.40. The molecule has 8 aromatic rings. The minimum Gasteiger partial charge on any atom is -0.405 e. The first-order chi connectivity index (χ1) is 28.8. The van der Waals surface area contributed by atoms with Gasteiger partial charge < -0.3 is 8.83 Å². The number of anilines is 2. The summed E-state index contributed by atoms with van der Waals surface area (Å²) >= 11 is 0. The van der Waals surface area contributed by atoms with E-state index in [4.69, 9.17) is 8.83 Å². The fraction of sp³-hybridized carbons (Fsp3) is 0.125. The molecule has 304 valence electrons. The zero-order valence-corrected chi connectivity index (χ0v) is 35.0. The molecule has 6 aromatic carbocycles. The second-order valence-corrected chi connectivity index (χ2v) is 18.1. The highest BCUT2D eigenvalue weighted by Crippen LogP contribution is 2.33. The van der Waals surface area contributed by atoms with E-state index in [0.29, 0.717) is 32.7 Å². The van der Waals surface area contributed by atoms with Crippen molar-refractivity contribution in [2.45, 2.75) is 50.6 Å². The van der Waals surface area contributed by atoms with E-state index in [0.717, 1.165) is 22.3 Å². The van der Waals surface area contributed by atoms with Crippen molar-refractivity contribution in [1.29, 1.82) is 0 Å². The van der Waals surface area contributed by atoms with Gasteiger partial charge in [-0.3, -0.25) is 0 Å². The van der Waals surface area contributed by atoms with Crippen LogP contribution < -0.4 is 19.9 Å². The van der Waals surface area contributed by atoms with Gasteiger partial charge in [0.25, 0.3) is 20.0 Å². The Labute approximate surface area is 348 Å². The molecule has 0 radical (unpaired) electrons. The number of nitrogens with zero attached hydrogens (tertiary/aromatic N) is 2. The van der Waals surface area contributed by atoms with Gasteiger partial charge in [-0.15, -0.1) is 0 Å². The molecule has 60 heavy (non-hydrogen) atoms. The van der Waals surface area contributed by atoms with Crippen molar-refractivity contribution < 1.29 is 25.7 Å². The van der Waals surface area contributed by atoms with E-state index in [1.54, 1.807) is 98.8 Å². The fourth-order valence-electron chi connectivity index (χ4n) is 6.83. The Morgan fingerprint density at radius 1 is 0.400 bits per heavy atom. The zero-order valence-electron chi connectivity index (χ0n) is 33.4. The molecule has 0 spiro atoms. The Morgan fingerprint density at radius 3 is 1.03 bits per heavy atom. The normalized spacial score (nSPS) is 11.5. The van der Waals surface area contributed by atoms with Crippen LogP contribution in [-0.4, -0.2) is 16.8 Å². The van der Waals surface area contributed by atoms with Gasteiger partial charge in [0.1, 0.15) is 0 Å². The topological polar surface area (TPSA) is 135 Å². The lowest BCUT2D eigenvalue weighted by Gasteiger charge is -2.25. The van der Waals surface area contributed by atoms with E-state index in [-0.39, 0.29) is 34.6 Å². The molecule has 0 amide bonds. The first-order valence-electron chi connectivity index (χ1n) is 19.1. The van der Waals surface area contributed by atoms with Gasteiger partial charge >= 0.3 is 11.3 Å². The fourth-order valence-corrected chi connectivity index (χ4v) is 9.72. The Hall–Kier alpha value is -6.76. The van der Waals surface area contributed by atoms with Gasteiger partial charge in [-0.2, -0.15) is 0 Å². The van der Waals surface area contributed by atoms with Gasteiger partial charge in [-0.25, -0.2) is 35.0 Å². The maximum absolute atomic E-state index is 13.6. The van der Waals surface area contributed by atoms with Crippen LogP contribution in [0.15, 0.2) is 186 Å². The van der Waals surface area contributed by atoms with E-state index in [1.807, 2.05) is 86.6 Å². The van der Waals surface area contributed by atoms with Crippen LogP contribution in [0.1, 0.15) is 33.4 Å². The highest BCUT2D eigenvalue weighted by atomic mass is 32.2. The average molecular weight is 839 g/mol. The predicted molar refractivity (Wildman–Crippen MR) is 236 cm³/mol. The highest BCUT2D eigenvalue weighted by molar-refractivity contribution is 7.93. The molecule has 0 saturated carbocycles. The lowest BCUT2D eigenvalue weighted by atomic mass is 10.1. The molecule has 0 bridgehead atoms. The van der Waals surface area contributed by atoms with Gasteiger partial charge in [0.05, 0.1) is 33.7 Å². The van der Waals surface area contributed by atoms with Crippen LogP contribution >= 0.6 is 0 Å². The van der Waals surface area contributed by atoms with Crippen LogP contribution in [0.2, 0.25) is 0 Å². The molecule has 2 heterocycles. The molecule has 0 N–H and O–H groups in total. The van der Waals surface area contributed by atoms with E-state index >= 15 is 0 Å². The average Bonchev–Trinajstić information content (AvgIpc) is 3.26. The van der Waals surface area contributed by atoms with Crippen molar-refractivity contribution >= 4 is 53.4 Å². The van der Waals surface area contributed by atoms with Gasteiger partial charge in [0.15, 0.2) is 0 Å². The quantitative estimate of drug-likeness (QED) is 0.133. The molecular formula is C48H42N2O8S2. The van der Waals surface area contributed by atoms with Crippen LogP contribution in [0.5, 0.6) is 0 Å². The maximum Gasteiger partial charge on any atom is 0.345 e. The van der Waals surface area contributed by atoms with Crippen LogP contribution in [0.3, 0.4) is 0 Å². The zero-order chi connectivity index (χ0) is 42.6. The standard InChI is InChI=1S/2C24H21NO4S/c2*1-17-12-14-20(15-13-17)30(27,28)25(16-19-8-4-3-5-9-19)23-18(2)21-10-6-7-11-22(21)24(26)29-23/h2*3-15H,16H2,1-2H3. The first kappa shape index (κ1) is 41.4. The lowest BCUT2D eigenvalue weighted by Crippen LogP contribution is -2.32. The first-order valence-corrected chi connectivity index (χ1v) is 22.0. The van der Waals surface area contributed by atoms with E-state index in [2.05, 4.69) is 0 Å². The molecule has 8 rings (SSSR count). The lowest BCUT2D eigenvalue weighted by molar-refractivity contribution is 0.510. The molecule has 0 saturated heterocycles. The third-order valence-electron chi connectivity index (χ3n) is 10.1.